The minimum atomic E-state index is -0.0690. The van der Waals surface area contributed by atoms with E-state index in [1.807, 2.05) is 12.1 Å². The van der Waals surface area contributed by atoms with Crippen LogP contribution in [0.1, 0.15) is 29.8 Å². The molecule has 4 nitrogen and oxygen atoms in total. The molecule has 3 rings (SSSR count). The van der Waals surface area contributed by atoms with Gasteiger partial charge in [0.15, 0.2) is 5.13 Å². The van der Waals surface area contributed by atoms with Crippen molar-refractivity contribution in [3.63, 3.8) is 0 Å². The second-order valence-corrected chi connectivity index (χ2v) is 7.91. The molecule has 0 radical (unpaired) electrons. The number of hydrogen-bond donors (Lipinski definition) is 0. The highest BCUT2D eigenvalue weighted by Gasteiger charge is 2.22. The van der Waals surface area contributed by atoms with Crippen molar-refractivity contribution >= 4 is 56.6 Å². The first-order chi connectivity index (χ1) is 13.0. The van der Waals surface area contributed by atoms with Gasteiger partial charge in [-0.3, -0.25) is 9.69 Å². The van der Waals surface area contributed by atoms with Gasteiger partial charge >= 0.3 is 0 Å². The van der Waals surface area contributed by atoms with Crippen LogP contribution in [0.25, 0.3) is 10.2 Å². The molecule has 7 heteroatoms. The third-order valence-electron chi connectivity index (χ3n) is 4.61. The molecule has 0 N–H and O–H groups in total. The summed E-state index contributed by atoms with van der Waals surface area (Å²) in [7, 11) is 0. The number of halogens is 2. The molecule has 0 aliphatic heterocycles. The number of fused-ring (bicyclic) bond motifs is 1. The quantitative estimate of drug-likeness (QED) is 0.477. The number of aryl methyl sites for hydroxylation is 1. The lowest BCUT2D eigenvalue weighted by atomic mass is 10.2. The van der Waals surface area contributed by atoms with Crippen molar-refractivity contribution in [2.24, 2.45) is 0 Å². The van der Waals surface area contributed by atoms with E-state index in [-0.39, 0.29) is 18.3 Å². The molecular weight excluding hydrogens is 413 g/mol. The maximum atomic E-state index is 13.2. The average Bonchev–Trinajstić information content (AvgIpc) is 3.07. The Hall–Kier alpha value is -1.66. The van der Waals surface area contributed by atoms with Gasteiger partial charge in [0.25, 0.3) is 5.91 Å². The van der Waals surface area contributed by atoms with E-state index in [0.717, 1.165) is 35.0 Å². The van der Waals surface area contributed by atoms with E-state index >= 15 is 0 Å². The molecule has 0 aliphatic carbocycles. The highest BCUT2D eigenvalue weighted by molar-refractivity contribution is 7.22. The van der Waals surface area contributed by atoms with Crippen LogP contribution in [-0.2, 0) is 0 Å². The van der Waals surface area contributed by atoms with E-state index < -0.39 is 0 Å². The van der Waals surface area contributed by atoms with Crippen molar-refractivity contribution < 1.29 is 4.79 Å². The highest BCUT2D eigenvalue weighted by Crippen LogP contribution is 2.30. The van der Waals surface area contributed by atoms with Crippen LogP contribution in [0.15, 0.2) is 42.5 Å². The van der Waals surface area contributed by atoms with Gasteiger partial charge < -0.3 is 4.90 Å². The highest BCUT2D eigenvalue weighted by atomic mass is 35.5. The molecule has 28 heavy (non-hydrogen) atoms. The minimum absolute atomic E-state index is 0. The Labute approximate surface area is 181 Å². The first-order valence-electron chi connectivity index (χ1n) is 9.18. The van der Waals surface area contributed by atoms with E-state index in [9.17, 15) is 4.79 Å². The number of amides is 1. The number of carbonyl (C=O) groups excluding carboxylic acids is 1. The average molecular weight is 438 g/mol. The van der Waals surface area contributed by atoms with Crippen LogP contribution in [0.3, 0.4) is 0 Å². The Morgan fingerprint density at radius 1 is 1.11 bits per heavy atom. The van der Waals surface area contributed by atoms with Crippen LogP contribution in [0.4, 0.5) is 5.13 Å². The summed E-state index contributed by atoms with van der Waals surface area (Å²) < 4.78 is 1.09. The van der Waals surface area contributed by atoms with E-state index in [2.05, 4.69) is 31.7 Å². The summed E-state index contributed by atoms with van der Waals surface area (Å²) in [5.74, 6) is -0.0690. The monoisotopic (exact) mass is 437 g/mol. The standard InChI is InChI=1S/C21H24ClN3OS.ClH/c1-4-24(5-2)11-12-25(20(26)16-7-6-8-17(22)14-16)21-23-18-10-9-15(3)13-19(18)27-21;/h6-10,13-14H,4-5,11-12H2,1-3H3;1H. The first kappa shape index (κ1) is 22.6. The molecule has 0 aliphatic rings. The molecule has 0 spiro atoms. The van der Waals surface area contributed by atoms with Crippen molar-refractivity contribution in [3.8, 4) is 0 Å². The van der Waals surface area contributed by atoms with Crippen molar-refractivity contribution in [1.29, 1.82) is 0 Å². The topological polar surface area (TPSA) is 36.4 Å². The normalized spacial score (nSPS) is 10.9. The summed E-state index contributed by atoms with van der Waals surface area (Å²) in [5, 5.41) is 1.29. The van der Waals surface area contributed by atoms with Crippen molar-refractivity contribution in [2.75, 3.05) is 31.1 Å². The smallest absolute Gasteiger partial charge is 0.260 e. The molecule has 0 saturated heterocycles. The summed E-state index contributed by atoms with van der Waals surface area (Å²) >= 11 is 7.66. The molecular formula is C21H25Cl2N3OS. The largest absolute Gasteiger partial charge is 0.302 e. The Bertz CT molecular complexity index is 940. The molecule has 2 aromatic carbocycles. The predicted octanol–water partition coefficient (Wildman–Crippen LogP) is 5.67. The number of aromatic nitrogens is 1. The maximum absolute atomic E-state index is 13.2. The first-order valence-corrected chi connectivity index (χ1v) is 10.4. The Balaban J connectivity index is 0.00000280. The molecule has 0 bridgehead atoms. The lowest BCUT2D eigenvalue weighted by molar-refractivity contribution is 0.0984. The van der Waals surface area contributed by atoms with Gasteiger partial charge in [0, 0.05) is 23.7 Å². The molecule has 3 aromatic rings. The predicted molar refractivity (Wildman–Crippen MR) is 123 cm³/mol. The van der Waals surface area contributed by atoms with Crippen molar-refractivity contribution in [3.05, 3.63) is 58.6 Å². The SMILES string of the molecule is CCN(CC)CCN(C(=O)c1cccc(Cl)c1)c1nc2ccc(C)cc2s1.Cl. The minimum Gasteiger partial charge on any atom is -0.302 e. The Kier molecular flexibility index (Phi) is 8.25. The molecule has 1 amide bonds. The van der Waals surface area contributed by atoms with Gasteiger partial charge in [-0.05, 0) is 55.9 Å². The number of rotatable bonds is 7. The third kappa shape index (κ3) is 5.23. The van der Waals surface area contributed by atoms with Gasteiger partial charge in [0.2, 0.25) is 0 Å². The number of benzene rings is 2. The van der Waals surface area contributed by atoms with Gasteiger partial charge in [-0.2, -0.15) is 0 Å². The molecule has 0 atom stereocenters. The number of nitrogens with zero attached hydrogens (tertiary/aromatic N) is 3. The second kappa shape index (κ2) is 10.2. The molecule has 1 aromatic heterocycles. The lowest BCUT2D eigenvalue weighted by Crippen LogP contribution is -2.38. The van der Waals surface area contributed by atoms with Crippen LogP contribution in [0, 0.1) is 6.92 Å². The van der Waals surface area contributed by atoms with E-state index in [1.165, 1.54) is 5.56 Å². The summed E-state index contributed by atoms with van der Waals surface area (Å²) in [6.45, 7) is 9.62. The zero-order valence-corrected chi connectivity index (χ0v) is 18.7. The van der Waals surface area contributed by atoms with Crippen LogP contribution in [0.2, 0.25) is 5.02 Å². The van der Waals surface area contributed by atoms with Gasteiger partial charge in [-0.1, -0.05) is 48.9 Å². The molecule has 0 saturated carbocycles. The zero-order chi connectivity index (χ0) is 19.4. The van der Waals surface area contributed by atoms with E-state index in [1.54, 1.807) is 40.5 Å². The summed E-state index contributed by atoms with van der Waals surface area (Å²) in [6, 6.07) is 13.3. The Morgan fingerprint density at radius 2 is 1.86 bits per heavy atom. The number of thiazole rings is 1. The number of carbonyl (C=O) groups is 1. The lowest BCUT2D eigenvalue weighted by Gasteiger charge is -2.24. The van der Waals surface area contributed by atoms with E-state index in [4.69, 9.17) is 16.6 Å². The fourth-order valence-corrected chi connectivity index (χ4v) is 4.26. The van der Waals surface area contributed by atoms with Crippen LogP contribution < -0.4 is 4.90 Å². The molecule has 0 fully saturated rings. The van der Waals surface area contributed by atoms with Crippen LogP contribution in [0.5, 0.6) is 0 Å². The fourth-order valence-electron chi connectivity index (χ4n) is 2.98. The zero-order valence-electron chi connectivity index (χ0n) is 16.3. The summed E-state index contributed by atoms with van der Waals surface area (Å²) in [4.78, 5) is 22.1. The third-order valence-corrected chi connectivity index (χ3v) is 5.89. The number of likely N-dealkylation sites (N-methyl/N-ethyl adjacent to an activating group) is 1. The second-order valence-electron chi connectivity index (χ2n) is 6.46. The fraction of sp³-hybridized carbons (Fsp3) is 0.333. The molecule has 0 unspecified atom stereocenters. The summed E-state index contributed by atoms with van der Waals surface area (Å²) in [6.07, 6.45) is 0. The van der Waals surface area contributed by atoms with Crippen LogP contribution in [-0.4, -0.2) is 42.0 Å². The number of anilines is 1. The van der Waals surface area contributed by atoms with Crippen molar-refractivity contribution in [1.82, 2.24) is 9.88 Å². The van der Waals surface area contributed by atoms with E-state index in [0.29, 0.717) is 17.1 Å². The van der Waals surface area contributed by atoms with Gasteiger partial charge in [-0.15, -0.1) is 12.4 Å². The van der Waals surface area contributed by atoms with Gasteiger partial charge in [0.05, 0.1) is 10.2 Å². The maximum Gasteiger partial charge on any atom is 0.260 e. The van der Waals surface area contributed by atoms with Crippen molar-refractivity contribution in [2.45, 2.75) is 20.8 Å². The van der Waals surface area contributed by atoms with Gasteiger partial charge in [0.1, 0.15) is 0 Å². The molecule has 150 valence electrons. The van der Waals surface area contributed by atoms with Crippen LogP contribution >= 0.6 is 35.3 Å². The molecule has 1 heterocycles. The van der Waals surface area contributed by atoms with Gasteiger partial charge in [-0.25, -0.2) is 4.98 Å². The summed E-state index contributed by atoms with van der Waals surface area (Å²) in [5.41, 5.74) is 2.69. The Morgan fingerprint density at radius 3 is 2.54 bits per heavy atom. The number of hydrogen-bond acceptors (Lipinski definition) is 4.